The molecule has 4 aliphatic heterocycles. The number of nitrogens with one attached hydrogen (secondary N) is 1. The number of hydrogen-bond donors (Lipinski definition) is 1. The quantitative estimate of drug-likeness (QED) is 0.582. The molecule has 6 fully saturated rings. The van der Waals surface area contributed by atoms with Crippen LogP contribution in [0.25, 0.3) is 5.65 Å². The van der Waals surface area contributed by atoms with Crippen molar-refractivity contribution in [1.29, 1.82) is 0 Å². The molecular weight excluding hydrogens is 464 g/mol. The standard InChI is InChI=1S/C29H34N6O2/c1-19-12-22(33-11-10-27(2,17-33)21-6-4-3-5-7-21)14-35-24(19)30-25(32-35)29-13-20(16-37-29)23(29)15-34-18-28(8-9-28)31-26(34)36/h3-7,12,14,20,23H,8-11,13,15-18H2,1-2H3,(H,31,36)/t20-,23+,27-,29-/m0/s1. The lowest BCUT2D eigenvalue weighted by atomic mass is 9.63. The Labute approximate surface area is 217 Å². The third kappa shape index (κ3) is 3.14. The van der Waals surface area contributed by atoms with Gasteiger partial charge in [-0.3, -0.25) is 0 Å². The van der Waals surface area contributed by atoms with Crippen molar-refractivity contribution < 1.29 is 9.53 Å². The molecule has 2 aliphatic carbocycles. The highest BCUT2D eigenvalue weighted by Crippen LogP contribution is 2.59. The summed E-state index contributed by atoms with van der Waals surface area (Å²) in [5.41, 5.74) is 4.34. The summed E-state index contributed by atoms with van der Waals surface area (Å²) < 4.78 is 8.35. The molecule has 2 saturated carbocycles. The molecule has 1 spiro atoms. The molecule has 8 heteroatoms. The molecule has 1 N–H and O–H groups in total. The summed E-state index contributed by atoms with van der Waals surface area (Å²) in [4.78, 5) is 22.1. The van der Waals surface area contributed by atoms with Crippen molar-refractivity contribution in [3.8, 4) is 0 Å². The van der Waals surface area contributed by atoms with Crippen molar-refractivity contribution in [1.82, 2.24) is 24.8 Å². The van der Waals surface area contributed by atoms with E-state index in [2.05, 4.69) is 66.7 Å². The number of carbonyl (C=O) groups excluding carboxylic acids is 1. The Hall–Kier alpha value is -3.13. The number of benzene rings is 1. The maximum atomic E-state index is 12.6. The largest absolute Gasteiger partial charge is 0.369 e. The summed E-state index contributed by atoms with van der Waals surface area (Å²) in [6.45, 7) is 8.79. The topological polar surface area (TPSA) is 75.0 Å². The molecule has 2 amide bonds. The predicted octanol–water partition coefficient (Wildman–Crippen LogP) is 3.63. The monoisotopic (exact) mass is 498 g/mol. The molecule has 9 rings (SSSR count). The van der Waals surface area contributed by atoms with Crippen LogP contribution in [0, 0.1) is 18.8 Å². The fourth-order valence-corrected chi connectivity index (χ4v) is 7.46. The van der Waals surface area contributed by atoms with Gasteiger partial charge in [0.15, 0.2) is 11.5 Å². The van der Waals surface area contributed by atoms with Crippen LogP contribution in [0.4, 0.5) is 10.5 Å². The van der Waals surface area contributed by atoms with Gasteiger partial charge in [0.1, 0.15) is 5.60 Å². The normalized spacial score (nSPS) is 33.4. The molecule has 0 radical (unpaired) electrons. The second kappa shape index (κ2) is 7.25. The lowest BCUT2D eigenvalue weighted by Gasteiger charge is -2.44. The molecule has 4 atom stereocenters. The van der Waals surface area contributed by atoms with E-state index in [4.69, 9.17) is 14.8 Å². The van der Waals surface area contributed by atoms with Gasteiger partial charge in [-0.15, -0.1) is 5.10 Å². The Morgan fingerprint density at radius 2 is 2.00 bits per heavy atom. The maximum absolute atomic E-state index is 12.6. The molecule has 2 aromatic heterocycles. The number of hydrogen-bond acceptors (Lipinski definition) is 5. The zero-order chi connectivity index (χ0) is 25.0. The van der Waals surface area contributed by atoms with Crippen molar-refractivity contribution in [3.63, 3.8) is 0 Å². The van der Waals surface area contributed by atoms with Crippen LogP contribution in [0.15, 0.2) is 42.6 Å². The molecule has 8 nitrogen and oxygen atoms in total. The molecule has 4 saturated heterocycles. The lowest BCUT2D eigenvalue weighted by Crippen LogP contribution is -2.51. The van der Waals surface area contributed by atoms with Crippen LogP contribution < -0.4 is 10.2 Å². The summed E-state index contributed by atoms with van der Waals surface area (Å²) >= 11 is 0. The van der Waals surface area contributed by atoms with Crippen molar-refractivity contribution in [2.45, 2.75) is 56.1 Å². The number of rotatable bonds is 5. The van der Waals surface area contributed by atoms with Crippen molar-refractivity contribution >= 4 is 17.4 Å². The summed E-state index contributed by atoms with van der Waals surface area (Å²) in [6.07, 6.45) is 6.41. The SMILES string of the molecule is Cc1cc(N2CC[C@](C)(c3ccccc3)C2)cn2nc([C@@]34C[C@@H](CO3)[C@H]4CN3CC4(CC4)NC3=O)nc12. The zero-order valence-corrected chi connectivity index (χ0v) is 21.6. The molecule has 3 aromatic rings. The Kier molecular flexibility index (Phi) is 4.29. The van der Waals surface area contributed by atoms with Gasteiger partial charge in [-0.2, -0.15) is 0 Å². The number of pyridine rings is 1. The molecule has 2 bridgehead atoms. The third-order valence-corrected chi connectivity index (χ3v) is 10.0. The smallest absolute Gasteiger partial charge is 0.317 e. The highest BCUT2D eigenvalue weighted by Gasteiger charge is 2.65. The van der Waals surface area contributed by atoms with Crippen LogP contribution in [0.3, 0.4) is 0 Å². The number of urea groups is 1. The van der Waals surface area contributed by atoms with Crippen LogP contribution in [0.2, 0.25) is 0 Å². The molecule has 1 aromatic carbocycles. The Balaban J connectivity index is 1.07. The number of aromatic nitrogens is 3. The second-order valence-corrected chi connectivity index (χ2v) is 12.5. The first-order valence-corrected chi connectivity index (χ1v) is 13.8. The first-order chi connectivity index (χ1) is 17.9. The van der Waals surface area contributed by atoms with E-state index in [-0.39, 0.29) is 22.9 Å². The molecule has 192 valence electrons. The van der Waals surface area contributed by atoms with Gasteiger partial charge in [-0.25, -0.2) is 14.3 Å². The minimum atomic E-state index is -0.470. The Morgan fingerprint density at radius 3 is 2.76 bits per heavy atom. The van der Waals surface area contributed by atoms with Gasteiger partial charge >= 0.3 is 6.03 Å². The van der Waals surface area contributed by atoms with E-state index < -0.39 is 5.60 Å². The summed E-state index contributed by atoms with van der Waals surface area (Å²) in [5.74, 6) is 1.52. The molecule has 6 aliphatic rings. The lowest BCUT2D eigenvalue weighted by molar-refractivity contribution is -0.0714. The average molecular weight is 499 g/mol. The minimum Gasteiger partial charge on any atom is -0.369 e. The van der Waals surface area contributed by atoms with E-state index >= 15 is 0 Å². The van der Waals surface area contributed by atoms with Gasteiger partial charge < -0.3 is 19.9 Å². The Morgan fingerprint density at radius 1 is 1.16 bits per heavy atom. The maximum Gasteiger partial charge on any atom is 0.317 e. The molecule has 0 unspecified atom stereocenters. The van der Waals surface area contributed by atoms with Crippen LogP contribution in [-0.4, -0.2) is 63.9 Å². The number of nitrogens with zero attached hydrogens (tertiary/aromatic N) is 5. The van der Waals surface area contributed by atoms with Crippen molar-refractivity contribution in [2.24, 2.45) is 11.8 Å². The average Bonchev–Trinajstić information content (AvgIpc) is 3.41. The first-order valence-electron chi connectivity index (χ1n) is 13.8. The van der Waals surface area contributed by atoms with Crippen molar-refractivity contribution in [2.75, 3.05) is 37.7 Å². The fourth-order valence-electron chi connectivity index (χ4n) is 7.46. The van der Waals surface area contributed by atoms with Gasteiger partial charge in [0.05, 0.1) is 24.0 Å². The van der Waals surface area contributed by atoms with Crippen LogP contribution >= 0.6 is 0 Å². The van der Waals surface area contributed by atoms with Gasteiger partial charge in [0, 0.05) is 37.5 Å². The molecule has 37 heavy (non-hydrogen) atoms. The number of ether oxygens (including phenoxy) is 1. The van der Waals surface area contributed by atoms with E-state index in [0.29, 0.717) is 5.92 Å². The fraction of sp³-hybridized carbons (Fsp3) is 0.552. The van der Waals surface area contributed by atoms with E-state index in [0.717, 1.165) is 75.5 Å². The first kappa shape index (κ1) is 21.9. The van der Waals surface area contributed by atoms with E-state index in [1.807, 2.05) is 9.42 Å². The van der Waals surface area contributed by atoms with Gasteiger partial charge in [-0.1, -0.05) is 37.3 Å². The van der Waals surface area contributed by atoms with E-state index in [1.54, 1.807) is 0 Å². The summed E-state index contributed by atoms with van der Waals surface area (Å²) in [6, 6.07) is 13.2. The minimum absolute atomic E-state index is 0.0505. The number of fused-ring (bicyclic) bond motifs is 2. The Bertz CT molecular complexity index is 1410. The number of anilines is 1. The van der Waals surface area contributed by atoms with E-state index in [1.165, 1.54) is 11.3 Å². The summed E-state index contributed by atoms with van der Waals surface area (Å²) in [5, 5.41) is 8.21. The van der Waals surface area contributed by atoms with Crippen LogP contribution in [-0.2, 0) is 15.8 Å². The number of aryl methyl sites for hydroxylation is 1. The van der Waals surface area contributed by atoms with Gasteiger partial charge in [-0.05, 0) is 55.7 Å². The third-order valence-electron chi connectivity index (χ3n) is 10.0. The van der Waals surface area contributed by atoms with Gasteiger partial charge in [0.25, 0.3) is 0 Å². The van der Waals surface area contributed by atoms with Gasteiger partial charge in [0.2, 0.25) is 0 Å². The summed E-state index contributed by atoms with van der Waals surface area (Å²) in [7, 11) is 0. The van der Waals surface area contributed by atoms with Crippen LogP contribution in [0.5, 0.6) is 0 Å². The molecule has 6 heterocycles. The zero-order valence-electron chi connectivity index (χ0n) is 21.6. The molecular formula is C29H34N6O2. The van der Waals surface area contributed by atoms with Crippen molar-refractivity contribution in [3.05, 3.63) is 59.5 Å². The highest BCUT2D eigenvalue weighted by atomic mass is 16.5. The highest BCUT2D eigenvalue weighted by molar-refractivity contribution is 5.78. The van der Waals surface area contributed by atoms with Crippen LogP contribution in [0.1, 0.15) is 49.6 Å². The number of amides is 2. The van der Waals surface area contributed by atoms with E-state index in [9.17, 15) is 4.79 Å². The number of carbonyl (C=O) groups is 1. The predicted molar refractivity (Wildman–Crippen MR) is 140 cm³/mol. The second-order valence-electron chi connectivity index (χ2n) is 12.5.